The quantitative estimate of drug-likeness (QED) is 0.280. The van der Waals surface area contributed by atoms with Crippen molar-refractivity contribution in [1.82, 2.24) is 0 Å². The zero-order valence-corrected chi connectivity index (χ0v) is 17.4. The number of carboxylic acid groups (broad SMARTS) is 1. The van der Waals surface area contributed by atoms with Gasteiger partial charge in [-0.1, -0.05) is 61.6 Å². The van der Waals surface area contributed by atoms with Gasteiger partial charge in [0.1, 0.15) is 11.2 Å². The SMILES string of the molecule is C[C@H](CCC=CCCC=Cc1ccccc1)C[C@]1(C)C[C@](C)(CC(=O)O)OO1. The molecular formula is C24H34O4. The predicted octanol–water partition coefficient (Wildman–Crippen LogP) is 6.19. The van der Waals surface area contributed by atoms with Crippen LogP contribution in [0.25, 0.3) is 6.08 Å². The lowest BCUT2D eigenvalue weighted by atomic mass is 9.82. The maximum absolute atomic E-state index is 11.0. The molecule has 1 N–H and O–H groups in total. The van der Waals surface area contributed by atoms with Crippen molar-refractivity contribution in [2.24, 2.45) is 5.92 Å². The van der Waals surface area contributed by atoms with Crippen LogP contribution in [0.5, 0.6) is 0 Å². The molecule has 1 aromatic carbocycles. The lowest BCUT2D eigenvalue weighted by Gasteiger charge is -2.25. The third-order valence-electron chi connectivity index (χ3n) is 5.10. The minimum atomic E-state index is -0.854. The Morgan fingerprint density at radius 2 is 1.71 bits per heavy atom. The molecule has 0 spiro atoms. The third kappa shape index (κ3) is 7.99. The summed E-state index contributed by atoms with van der Waals surface area (Å²) in [7, 11) is 0. The van der Waals surface area contributed by atoms with Crippen molar-refractivity contribution in [3.8, 4) is 0 Å². The first kappa shape index (κ1) is 22.4. The molecule has 1 aliphatic rings. The molecule has 3 atom stereocenters. The van der Waals surface area contributed by atoms with Crippen molar-refractivity contribution >= 4 is 12.0 Å². The molecule has 0 unspecified atom stereocenters. The molecule has 1 aliphatic heterocycles. The summed E-state index contributed by atoms with van der Waals surface area (Å²) in [5.74, 6) is -0.365. The Morgan fingerprint density at radius 1 is 1.07 bits per heavy atom. The molecule has 4 nitrogen and oxygen atoms in total. The highest BCUT2D eigenvalue weighted by Crippen LogP contribution is 2.42. The van der Waals surface area contributed by atoms with Crippen LogP contribution in [0, 0.1) is 5.92 Å². The summed E-state index contributed by atoms with van der Waals surface area (Å²) >= 11 is 0. The summed E-state index contributed by atoms with van der Waals surface area (Å²) in [6.45, 7) is 6.05. The maximum Gasteiger partial charge on any atom is 0.306 e. The standard InChI is InChI=1S/C24H34O4/c1-20(17-23(2)19-24(3,28-27-23)18-22(25)26)13-9-6-4-5-7-10-14-21-15-11-8-12-16-21/h4,6,8,10-12,14-16,20H,5,7,9,13,17-19H2,1-3H3,(H,25,26)/t20-,23-,24+/m1/s1. The van der Waals surface area contributed by atoms with Gasteiger partial charge in [-0.05, 0) is 57.4 Å². The van der Waals surface area contributed by atoms with Crippen LogP contribution in [0.2, 0.25) is 0 Å². The summed E-state index contributed by atoms with van der Waals surface area (Å²) < 4.78 is 0. The second kappa shape index (κ2) is 10.6. The molecule has 0 aliphatic carbocycles. The van der Waals surface area contributed by atoms with Crippen molar-refractivity contribution in [2.75, 3.05) is 0 Å². The lowest BCUT2D eigenvalue weighted by Crippen LogP contribution is -2.31. The number of allylic oxidation sites excluding steroid dienone is 3. The van der Waals surface area contributed by atoms with E-state index in [0.29, 0.717) is 12.3 Å². The van der Waals surface area contributed by atoms with Gasteiger partial charge in [-0.15, -0.1) is 0 Å². The van der Waals surface area contributed by atoms with Gasteiger partial charge in [0.2, 0.25) is 0 Å². The monoisotopic (exact) mass is 386 g/mol. The number of hydrogen-bond acceptors (Lipinski definition) is 3. The topological polar surface area (TPSA) is 55.8 Å². The number of carbonyl (C=O) groups is 1. The molecule has 1 saturated heterocycles. The Morgan fingerprint density at radius 3 is 2.43 bits per heavy atom. The molecule has 0 amide bonds. The van der Waals surface area contributed by atoms with Gasteiger partial charge in [0.25, 0.3) is 0 Å². The highest BCUT2D eigenvalue weighted by Gasteiger charge is 2.47. The van der Waals surface area contributed by atoms with E-state index in [0.717, 1.165) is 32.1 Å². The Kier molecular flexibility index (Phi) is 8.46. The summed E-state index contributed by atoms with van der Waals surface area (Å²) in [5, 5.41) is 9.02. The van der Waals surface area contributed by atoms with Crippen LogP contribution in [-0.2, 0) is 14.6 Å². The van der Waals surface area contributed by atoms with Crippen LogP contribution < -0.4 is 0 Å². The molecule has 0 radical (unpaired) electrons. The van der Waals surface area contributed by atoms with Crippen molar-refractivity contribution in [3.05, 3.63) is 54.1 Å². The smallest absolute Gasteiger partial charge is 0.306 e. The van der Waals surface area contributed by atoms with E-state index in [1.54, 1.807) is 0 Å². The zero-order valence-electron chi connectivity index (χ0n) is 17.4. The maximum atomic E-state index is 11.0. The van der Waals surface area contributed by atoms with Gasteiger partial charge in [-0.25, -0.2) is 9.78 Å². The van der Waals surface area contributed by atoms with Gasteiger partial charge in [-0.2, -0.15) is 0 Å². The highest BCUT2D eigenvalue weighted by molar-refractivity contribution is 5.68. The van der Waals surface area contributed by atoms with Gasteiger partial charge in [-0.3, -0.25) is 4.79 Å². The number of aliphatic carboxylic acids is 1. The van der Waals surface area contributed by atoms with E-state index in [9.17, 15) is 4.79 Å². The fourth-order valence-electron chi connectivity index (χ4n) is 4.00. The van der Waals surface area contributed by atoms with E-state index in [4.69, 9.17) is 14.9 Å². The molecule has 0 saturated carbocycles. The first-order valence-electron chi connectivity index (χ1n) is 10.3. The van der Waals surface area contributed by atoms with E-state index in [1.807, 2.05) is 19.9 Å². The largest absolute Gasteiger partial charge is 0.481 e. The highest BCUT2D eigenvalue weighted by atomic mass is 17.2. The zero-order chi connectivity index (χ0) is 20.5. The van der Waals surface area contributed by atoms with E-state index < -0.39 is 17.2 Å². The van der Waals surface area contributed by atoms with Crippen LogP contribution in [0.15, 0.2) is 48.6 Å². The van der Waals surface area contributed by atoms with Crippen molar-refractivity contribution < 1.29 is 19.7 Å². The predicted molar refractivity (Wildman–Crippen MR) is 113 cm³/mol. The van der Waals surface area contributed by atoms with Gasteiger partial charge in [0.05, 0.1) is 6.42 Å². The number of unbranched alkanes of at least 4 members (excludes halogenated alkanes) is 1. The number of hydrogen-bond donors (Lipinski definition) is 1. The molecule has 154 valence electrons. The number of benzene rings is 1. The Bertz CT molecular complexity index is 666. The second-order valence-electron chi connectivity index (χ2n) is 8.56. The first-order chi connectivity index (χ1) is 13.3. The summed E-state index contributed by atoms with van der Waals surface area (Å²) in [4.78, 5) is 21.9. The average molecular weight is 387 g/mol. The van der Waals surface area contributed by atoms with Crippen molar-refractivity contribution in [3.63, 3.8) is 0 Å². The fraction of sp³-hybridized carbons (Fsp3) is 0.542. The molecule has 4 heteroatoms. The first-order valence-corrected chi connectivity index (χ1v) is 10.3. The van der Waals surface area contributed by atoms with Gasteiger partial charge >= 0.3 is 5.97 Å². The fourth-order valence-corrected chi connectivity index (χ4v) is 4.00. The molecular weight excluding hydrogens is 352 g/mol. The lowest BCUT2D eigenvalue weighted by molar-refractivity contribution is -0.346. The summed E-state index contributed by atoms with van der Waals surface area (Å²) in [5.41, 5.74) is 0.106. The third-order valence-corrected chi connectivity index (χ3v) is 5.10. The molecule has 1 heterocycles. The van der Waals surface area contributed by atoms with E-state index in [1.165, 1.54) is 5.56 Å². The van der Waals surface area contributed by atoms with Crippen LogP contribution >= 0.6 is 0 Å². The Hall–Kier alpha value is -1.91. The second-order valence-corrected chi connectivity index (χ2v) is 8.56. The van der Waals surface area contributed by atoms with Gasteiger partial charge in [0.15, 0.2) is 0 Å². The van der Waals surface area contributed by atoms with Crippen LogP contribution in [0.1, 0.15) is 71.3 Å². The molecule has 0 bridgehead atoms. The van der Waals surface area contributed by atoms with Gasteiger partial charge < -0.3 is 5.11 Å². The Labute approximate surface area is 169 Å². The summed E-state index contributed by atoms with van der Waals surface area (Å²) in [6, 6.07) is 10.4. The van der Waals surface area contributed by atoms with Gasteiger partial charge in [0, 0.05) is 6.42 Å². The molecule has 0 aromatic heterocycles. The minimum absolute atomic E-state index is 0.0293. The summed E-state index contributed by atoms with van der Waals surface area (Å²) in [6.07, 6.45) is 14.6. The normalized spacial score (nSPS) is 26.2. The molecule has 1 fully saturated rings. The Balaban J connectivity index is 1.62. The van der Waals surface area contributed by atoms with E-state index in [2.05, 4.69) is 55.5 Å². The molecule has 28 heavy (non-hydrogen) atoms. The van der Waals surface area contributed by atoms with Crippen LogP contribution in [0.4, 0.5) is 0 Å². The van der Waals surface area contributed by atoms with E-state index >= 15 is 0 Å². The molecule has 1 aromatic rings. The molecule has 2 rings (SSSR count). The average Bonchev–Trinajstić information content (AvgIpc) is 2.91. The van der Waals surface area contributed by atoms with Crippen molar-refractivity contribution in [1.29, 1.82) is 0 Å². The van der Waals surface area contributed by atoms with Crippen molar-refractivity contribution in [2.45, 2.75) is 76.9 Å². The minimum Gasteiger partial charge on any atom is -0.481 e. The van der Waals surface area contributed by atoms with Crippen LogP contribution in [-0.4, -0.2) is 22.3 Å². The number of carboxylic acids is 1. The van der Waals surface area contributed by atoms with E-state index in [-0.39, 0.29) is 6.42 Å². The van der Waals surface area contributed by atoms with Crippen LogP contribution in [0.3, 0.4) is 0 Å². The number of rotatable bonds is 11.